The van der Waals surface area contributed by atoms with E-state index in [1.807, 2.05) is 6.26 Å². The van der Waals surface area contributed by atoms with Crippen molar-refractivity contribution < 1.29 is 13.9 Å². The monoisotopic (exact) mass is 151 g/mol. The van der Waals surface area contributed by atoms with Gasteiger partial charge in [0.15, 0.2) is 11.5 Å². The largest absolute Gasteiger partial charge is 0.443 e. The SMILES string of the molecule is FC1=[C]Oc2ccccc2O1. The van der Waals surface area contributed by atoms with Crippen LogP contribution in [0, 0.1) is 6.26 Å². The molecule has 2 nitrogen and oxygen atoms in total. The minimum Gasteiger partial charge on any atom is -0.443 e. The molecule has 1 aliphatic heterocycles. The summed E-state index contributed by atoms with van der Waals surface area (Å²) in [5.74, 6) is 0.859. The van der Waals surface area contributed by atoms with Crippen molar-refractivity contribution in [3.8, 4) is 11.5 Å². The molecule has 55 valence electrons. The lowest BCUT2D eigenvalue weighted by Crippen LogP contribution is -2.00. The average Bonchev–Trinajstić information content (AvgIpc) is 2.04. The van der Waals surface area contributed by atoms with Gasteiger partial charge in [-0.15, -0.1) is 0 Å². The Bertz CT molecular complexity index is 307. The second-order valence-corrected chi connectivity index (χ2v) is 2.03. The van der Waals surface area contributed by atoms with Gasteiger partial charge >= 0.3 is 6.01 Å². The van der Waals surface area contributed by atoms with Gasteiger partial charge < -0.3 is 9.47 Å². The van der Waals surface area contributed by atoms with Crippen molar-refractivity contribution >= 4 is 0 Å². The van der Waals surface area contributed by atoms with Crippen molar-refractivity contribution in [1.29, 1.82) is 0 Å². The first-order valence-corrected chi connectivity index (χ1v) is 3.08. The van der Waals surface area contributed by atoms with Crippen LogP contribution in [-0.4, -0.2) is 0 Å². The number of fused-ring (bicyclic) bond motifs is 1. The fourth-order valence-electron chi connectivity index (χ4n) is 0.831. The van der Waals surface area contributed by atoms with Gasteiger partial charge in [0, 0.05) is 0 Å². The summed E-state index contributed by atoms with van der Waals surface area (Å²) in [5.41, 5.74) is 0. The molecule has 3 heteroatoms. The Kier molecular flexibility index (Phi) is 1.28. The second kappa shape index (κ2) is 2.27. The van der Waals surface area contributed by atoms with Crippen LogP contribution in [0.5, 0.6) is 11.5 Å². The molecule has 0 aromatic heterocycles. The van der Waals surface area contributed by atoms with Crippen molar-refractivity contribution in [2.75, 3.05) is 0 Å². The summed E-state index contributed by atoms with van der Waals surface area (Å²) in [5, 5.41) is 0. The lowest BCUT2D eigenvalue weighted by atomic mass is 10.3. The Balaban J connectivity index is 2.42. The molecule has 1 aromatic rings. The first-order chi connectivity index (χ1) is 5.36. The molecule has 0 saturated heterocycles. The van der Waals surface area contributed by atoms with Gasteiger partial charge in [-0.1, -0.05) is 12.1 Å². The summed E-state index contributed by atoms with van der Waals surface area (Å²) < 4.78 is 21.7. The molecule has 0 unspecified atom stereocenters. The van der Waals surface area contributed by atoms with E-state index in [1.54, 1.807) is 24.3 Å². The summed E-state index contributed by atoms with van der Waals surface area (Å²) in [6, 6.07) is 5.96. The molecule has 1 radical (unpaired) electrons. The average molecular weight is 151 g/mol. The van der Waals surface area contributed by atoms with E-state index in [0.29, 0.717) is 11.5 Å². The van der Waals surface area contributed by atoms with E-state index in [0.717, 1.165) is 0 Å². The van der Waals surface area contributed by atoms with Gasteiger partial charge in [0.25, 0.3) is 0 Å². The van der Waals surface area contributed by atoms with Crippen LogP contribution in [0.3, 0.4) is 0 Å². The normalized spacial score (nSPS) is 14.1. The summed E-state index contributed by atoms with van der Waals surface area (Å²) in [4.78, 5) is 0. The predicted octanol–water partition coefficient (Wildman–Crippen LogP) is 2.03. The number of hydrogen-bond acceptors (Lipinski definition) is 2. The van der Waals surface area contributed by atoms with E-state index in [1.165, 1.54) is 0 Å². The minimum absolute atomic E-state index is 0.378. The van der Waals surface area contributed by atoms with E-state index in [9.17, 15) is 4.39 Å². The Hall–Kier alpha value is -1.51. The lowest BCUT2D eigenvalue weighted by molar-refractivity contribution is 0.230. The number of para-hydroxylation sites is 2. The quantitative estimate of drug-likeness (QED) is 0.564. The molecule has 0 atom stereocenters. The van der Waals surface area contributed by atoms with Gasteiger partial charge in [0.1, 0.15) is 0 Å². The third-order valence-electron chi connectivity index (χ3n) is 1.29. The van der Waals surface area contributed by atoms with Crippen molar-refractivity contribution in [3.63, 3.8) is 0 Å². The van der Waals surface area contributed by atoms with Crippen molar-refractivity contribution in [2.45, 2.75) is 0 Å². The van der Waals surface area contributed by atoms with Crippen LogP contribution in [0.1, 0.15) is 0 Å². The van der Waals surface area contributed by atoms with E-state index >= 15 is 0 Å². The zero-order chi connectivity index (χ0) is 7.68. The topological polar surface area (TPSA) is 18.5 Å². The maximum atomic E-state index is 12.3. The van der Waals surface area contributed by atoms with E-state index in [4.69, 9.17) is 4.74 Å². The number of halogens is 1. The third-order valence-corrected chi connectivity index (χ3v) is 1.29. The van der Waals surface area contributed by atoms with Gasteiger partial charge in [-0.25, -0.2) is 0 Å². The number of rotatable bonds is 0. The van der Waals surface area contributed by atoms with Crippen LogP contribution >= 0.6 is 0 Å². The second-order valence-electron chi connectivity index (χ2n) is 2.03. The van der Waals surface area contributed by atoms with E-state index < -0.39 is 6.01 Å². The predicted molar refractivity (Wildman–Crippen MR) is 35.6 cm³/mol. The minimum atomic E-state index is -0.844. The Labute approximate surface area is 62.9 Å². The van der Waals surface area contributed by atoms with Crippen LogP contribution in [0.4, 0.5) is 4.39 Å². The van der Waals surface area contributed by atoms with Crippen LogP contribution in [0.25, 0.3) is 0 Å². The molecule has 0 aliphatic carbocycles. The van der Waals surface area contributed by atoms with Crippen LogP contribution in [-0.2, 0) is 0 Å². The van der Waals surface area contributed by atoms with Gasteiger partial charge in [0.2, 0.25) is 6.26 Å². The Morgan fingerprint density at radius 3 is 2.73 bits per heavy atom. The van der Waals surface area contributed by atoms with Crippen molar-refractivity contribution in [2.24, 2.45) is 0 Å². The Morgan fingerprint density at radius 2 is 1.91 bits per heavy atom. The molecule has 0 spiro atoms. The molecule has 1 heterocycles. The maximum Gasteiger partial charge on any atom is 0.326 e. The highest BCUT2D eigenvalue weighted by atomic mass is 19.1. The summed E-state index contributed by atoms with van der Waals surface area (Å²) >= 11 is 0. The van der Waals surface area contributed by atoms with Gasteiger partial charge in [-0.05, 0) is 12.1 Å². The van der Waals surface area contributed by atoms with Crippen molar-refractivity contribution in [3.05, 3.63) is 36.5 Å². The fraction of sp³-hybridized carbons (Fsp3) is 0. The number of benzene rings is 1. The molecule has 2 rings (SSSR count). The molecular formula is C8H4FO2. The standard InChI is InChI=1S/C8H4FO2/c9-8-5-10-6-3-1-2-4-7(6)11-8/h1-4H. The zero-order valence-electron chi connectivity index (χ0n) is 5.50. The molecule has 0 bridgehead atoms. The molecule has 1 aliphatic rings. The van der Waals surface area contributed by atoms with Gasteiger partial charge in [-0.2, -0.15) is 4.39 Å². The van der Waals surface area contributed by atoms with Crippen LogP contribution in [0.15, 0.2) is 30.3 Å². The van der Waals surface area contributed by atoms with Gasteiger partial charge in [-0.3, -0.25) is 0 Å². The first kappa shape index (κ1) is 6.22. The molecule has 11 heavy (non-hydrogen) atoms. The fourth-order valence-corrected chi connectivity index (χ4v) is 0.831. The molecular weight excluding hydrogens is 147 g/mol. The maximum absolute atomic E-state index is 12.3. The molecule has 0 N–H and O–H groups in total. The summed E-state index contributed by atoms with van der Waals surface area (Å²) in [6.45, 7) is 0. The van der Waals surface area contributed by atoms with E-state index in [2.05, 4.69) is 4.74 Å². The molecule has 0 amide bonds. The number of ether oxygens (including phenoxy) is 2. The summed E-state index contributed by atoms with van der Waals surface area (Å²) in [7, 11) is 0. The smallest absolute Gasteiger partial charge is 0.326 e. The van der Waals surface area contributed by atoms with Gasteiger partial charge in [0.05, 0.1) is 0 Å². The van der Waals surface area contributed by atoms with Crippen molar-refractivity contribution in [1.82, 2.24) is 0 Å². The van der Waals surface area contributed by atoms with Crippen LogP contribution < -0.4 is 9.47 Å². The highest BCUT2D eigenvalue weighted by Gasteiger charge is 2.12. The molecule has 0 fully saturated rings. The van der Waals surface area contributed by atoms with E-state index in [-0.39, 0.29) is 0 Å². The number of hydrogen-bond donors (Lipinski definition) is 0. The highest BCUT2D eigenvalue weighted by molar-refractivity contribution is 5.41. The summed E-state index contributed by atoms with van der Waals surface area (Å²) in [6.07, 6.45) is 1.97. The molecule has 1 aromatic carbocycles. The third kappa shape index (κ3) is 1.05. The Morgan fingerprint density at radius 1 is 1.18 bits per heavy atom. The molecule has 0 saturated carbocycles. The van der Waals surface area contributed by atoms with Crippen LogP contribution in [0.2, 0.25) is 0 Å². The highest BCUT2D eigenvalue weighted by Crippen LogP contribution is 2.31. The first-order valence-electron chi connectivity index (χ1n) is 3.08. The lowest BCUT2D eigenvalue weighted by Gasteiger charge is -2.11. The zero-order valence-corrected chi connectivity index (χ0v) is 5.50.